The molecule has 1 nitrogen and oxygen atoms in total. The Morgan fingerprint density at radius 2 is 1.84 bits per heavy atom. The predicted molar refractivity (Wildman–Crippen MR) is 71.5 cm³/mol. The summed E-state index contributed by atoms with van der Waals surface area (Å²) in [4.78, 5) is 0. The molecule has 0 saturated heterocycles. The van der Waals surface area contributed by atoms with Crippen LogP contribution in [-0.4, -0.2) is 5.11 Å². The van der Waals surface area contributed by atoms with Crippen LogP contribution in [0.1, 0.15) is 17.2 Å². The molecule has 0 heterocycles. The highest BCUT2D eigenvalue weighted by molar-refractivity contribution is 6.35. The van der Waals surface area contributed by atoms with Crippen LogP contribution in [-0.2, 0) is 6.42 Å². The van der Waals surface area contributed by atoms with E-state index in [1.54, 1.807) is 12.1 Å². The average molecular weight is 303 g/mol. The fourth-order valence-electron chi connectivity index (χ4n) is 1.78. The fourth-order valence-corrected chi connectivity index (χ4v) is 2.27. The summed E-state index contributed by atoms with van der Waals surface area (Å²) >= 11 is 11.7. The van der Waals surface area contributed by atoms with E-state index >= 15 is 0 Å². The van der Waals surface area contributed by atoms with Crippen molar-refractivity contribution in [2.24, 2.45) is 0 Å². The molecule has 2 aromatic rings. The highest BCUT2D eigenvalue weighted by atomic mass is 35.5. The lowest BCUT2D eigenvalue weighted by Gasteiger charge is -2.13. The maximum absolute atomic E-state index is 13.5. The van der Waals surface area contributed by atoms with Crippen LogP contribution in [0.2, 0.25) is 10.0 Å². The molecule has 1 N–H and O–H groups in total. The van der Waals surface area contributed by atoms with Gasteiger partial charge in [-0.05, 0) is 23.8 Å². The van der Waals surface area contributed by atoms with Gasteiger partial charge >= 0.3 is 0 Å². The minimum absolute atomic E-state index is 0.0797. The number of aliphatic hydroxyl groups excluding tert-OH is 1. The van der Waals surface area contributed by atoms with Gasteiger partial charge in [0.25, 0.3) is 0 Å². The molecule has 0 aliphatic carbocycles. The molecule has 0 radical (unpaired) electrons. The van der Waals surface area contributed by atoms with Crippen LogP contribution in [0.4, 0.5) is 8.78 Å². The quantitative estimate of drug-likeness (QED) is 0.882. The molecule has 0 fully saturated rings. The third kappa shape index (κ3) is 3.24. The lowest BCUT2D eigenvalue weighted by molar-refractivity contribution is 0.172. The van der Waals surface area contributed by atoms with E-state index in [4.69, 9.17) is 23.2 Å². The third-order valence-corrected chi connectivity index (χ3v) is 3.36. The Morgan fingerprint density at radius 1 is 1.11 bits per heavy atom. The summed E-state index contributed by atoms with van der Waals surface area (Å²) in [5, 5.41) is 10.8. The van der Waals surface area contributed by atoms with E-state index in [1.807, 2.05) is 0 Å². The lowest BCUT2D eigenvalue weighted by atomic mass is 10.0. The Morgan fingerprint density at radius 3 is 2.53 bits per heavy atom. The van der Waals surface area contributed by atoms with Crippen LogP contribution in [0.3, 0.4) is 0 Å². The van der Waals surface area contributed by atoms with Crippen molar-refractivity contribution >= 4 is 23.2 Å². The van der Waals surface area contributed by atoms with Gasteiger partial charge in [0.15, 0.2) is 11.6 Å². The van der Waals surface area contributed by atoms with Gasteiger partial charge in [-0.2, -0.15) is 0 Å². The highest BCUT2D eigenvalue weighted by Gasteiger charge is 2.17. The van der Waals surface area contributed by atoms with E-state index in [2.05, 4.69) is 0 Å². The number of hydrogen-bond donors (Lipinski definition) is 1. The molecular formula is C14H10Cl2F2O. The van der Waals surface area contributed by atoms with Crippen molar-refractivity contribution < 1.29 is 13.9 Å². The Bertz CT molecular complexity index is 602. The van der Waals surface area contributed by atoms with Crippen LogP contribution in [0, 0.1) is 11.6 Å². The Balaban J connectivity index is 2.25. The number of rotatable bonds is 3. The Hall–Kier alpha value is -1.16. The Labute approximate surface area is 119 Å². The smallest absolute Gasteiger partial charge is 0.164 e. The van der Waals surface area contributed by atoms with Crippen LogP contribution in [0.25, 0.3) is 0 Å². The number of halogens is 4. The van der Waals surface area contributed by atoms with Crippen molar-refractivity contribution in [1.82, 2.24) is 0 Å². The maximum atomic E-state index is 13.5. The zero-order chi connectivity index (χ0) is 14.0. The van der Waals surface area contributed by atoms with Gasteiger partial charge in [0, 0.05) is 22.0 Å². The molecule has 2 aromatic carbocycles. The summed E-state index contributed by atoms with van der Waals surface area (Å²) in [6, 6.07) is 8.49. The number of aliphatic hydroxyl groups is 1. The van der Waals surface area contributed by atoms with E-state index in [0.29, 0.717) is 15.6 Å². The predicted octanol–water partition coefficient (Wildman–Crippen LogP) is 4.55. The Kier molecular flexibility index (Phi) is 4.40. The molecule has 0 amide bonds. The first-order chi connectivity index (χ1) is 8.99. The van der Waals surface area contributed by atoms with Crippen molar-refractivity contribution in [2.75, 3.05) is 0 Å². The molecule has 1 unspecified atom stereocenters. The van der Waals surface area contributed by atoms with Gasteiger partial charge < -0.3 is 5.11 Å². The topological polar surface area (TPSA) is 20.2 Å². The first-order valence-corrected chi connectivity index (χ1v) is 6.30. The van der Waals surface area contributed by atoms with Crippen molar-refractivity contribution in [3.05, 3.63) is 69.2 Å². The first kappa shape index (κ1) is 14.3. The van der Waals surface area contributed by atoms with Gasteiger partial charge in [-0.1, -0.05) is 41.4 Å². The van der Waals surface area contributed by atoms with E-state index < -0.39 is 17.7 Å². The van der Waals surface area contributed by atoms with E-state index in [9.17, 15) is 13.9 Å². The van der Waals surface area contributed by atoms with Crippen molar-refractivity contribution in [3.8, 4) is 0 Å². The second kappa shape index (κ2) is 5.87. The molecule has 0 aromatic heterocycles. The highest BCUT2D eigenvalue weighted by Crippen LogP contribution is 2.27. The van der Waals surface area contributed by atoms with Crippen LogP contribution < -0.4 is 0 Å². The third-order valence-electron chi connectivity index (χ3n) is 2.77. The molecule has 5 heteroatoms. The van der Waals surface area contributed by atoms with Gasteiger partial charge in [-0.25, -0.2) is 8.78 Å². The molecule has 0 aliphatic heterocycles. The monoisotopic (exact) mass is 302 g/mol. The number of benzene rings is 2. The van der Waals surface area contributed by atoms with E-state index in [0.717, 1.165) is 6.07 Å². The van der Waals surface area contributed by atoms with E-state index in [-0.39, 0.29) is 12.0 Å². The van der Waals surface area contributed by atoms with Gasteiger partial charge in [-0.3, -0.25) is 0 Å². The standard InChI is InChI=1S/C14H10Cl2F2O/c15-9-5-4-8(11(16)7-9)6-13(19)10-2-1-3-12(17)14(10)18/h1-5,7,13,19H,6H2. The normalized spacial score (nSPS) is 12.5. The van der Waals surface area contributed by atoms with Crippen LogP contribution >= 0.6 is 23.2 Å². The zero-order valence-corrected chi connectivity index (χ0v) is 11.2. The van der Waals surface area contributed by atoms with Crippen molar-refractivity contribution in [3.63, 3.8) is 0 Å². The summed E-state index contributed by atoms with van der Waals surface area (Å²) in [6.45, 7) is 0. The van der Waals surface area contributed by atoms with Gasteiger partial charge in [0.2, 0.25) is 0 Å². The lowest BCUT2D eigenvalue weighted by Crippen LogP contribution is -2.06. The molecule has 0 aliphatic rings. The fraction of sp³-hybridized carbons (Fsp3) is 0.143. The molecule has 100 valence electrons. The minimum atomic E-state index is -1.17. The maximum Gasteiger partial charge on any atom is 0.164 e. The van der Waals surface area contributed by atoms with Crippen LogP contribution in [0.15, 0.2) is 36.4 Å². The van der Waals surface area contributed by atoms with Gasteiger partial charge in [0.05, 0.1) is 6.10 Å². The summed E-state index contributed by atoms with van der Waals surface area (Å²) in [5.41, 5.74) is 0.522. The minimum Gasteiger partial charge on any atom is -0.388 e. The van der Waals surface area contributed by atoms with E-state index in [1.165, 1.54) is 18.2 Å². The molecule has 1 atom stereocenters. The summed E-state index contributed by atoms with van der Waals surface area (Å²) < 4.78 is 26.6. The SMILES string of the molecule is OC(Cc1ccc(Cl)cc1Cl)c1cccc(F)c1F. The largest absolute Gasteiger partial charge is 0.388 e. The molecular weight excluding hydrogens is 293 g/mol. The first-order valence-electron chi connectivity index (χ1n) is 5.55. The van der Waals surface area contributed by atoms with Crippen LogP contribution in [0.5, 0.6) is 0 Å². The second-order valence-electron chi connectivity index (χ2n) is 4.10. The molecule has 0 saturated carbocycles. The summed E-state index contributed by atoms with van der Waals surface area (Å²) in [5.74, 6) is -2.03. The van der Waals surface area contributed by atoms with Gasteiger partial charge in [-0.15, -0.1) is 0 Å². The zero-order valence-electron chi connectivity index (χ0n) is 9.71. The molecule has 0 spiro atoms. The summed E-state index contributed by atoms with van der Waals surface area (Å²) in [7, 11) is 0. The molecule has 19 heavy (non-hydrogen) atoms. The van der Waals surface area contributed by atoms with Gasteiger partial charge in [0.1, 0.15) is 0 Å². The number of hydrogen-bond acceptors (Lipinski definition) is 1. The van der Waals surface area contributed by atoms with Crippen molar-refractivity contribution in [2.45, 2.75) is 12.5 Å². The second-order valence-corrected chi connectivity index (χ2v) is 4.94. The van der Waals surface area contributed by atoms with Crippen molar-refractivity contribution in [1.29, 1.82) is 0 Å². The summed E-state index contributed by atoms with van der Waals surface area (Å²) in [6.07, 6.45) is -1.09. The molecule has 0 bridgehead atoms. The molecule has 2 rings (SSSR count). The average Bonchev–Trinajstić information content (AvgIpc) is 2.36.